The summed E-state index contributed by atoms with van der Waals surface area (Å²) in [5, 5.41) is 3.46. The van der Waals surface area contributed by atoms with Gasteiger partial charge in [-0.25, -0.2) is 0 Å². The number of thiophene rings is 1. The second-order valence-electron chi connectivity index (χ2n) is 4.69. The van der Waals surface area contributed by atoms with Gasteiger partial charge in [-0.2, -0.15) is 0 Å². The molecule has 0 amide bonds. The predicted molar refractivity (Wildman–Crippen MR) is 85.4 cm³/mol. The summed E-state index contributed by atoms with van der Waals surface area (Å²) < 4.78 is 7.30. The highest BCUT2D eigenvalue weighted by atomic mass is 32.1. The van der Waals surface area contributed by atoms with Crippen LogP contribution in [0.2, 0.25) is 0 Å². The fourth-order valence-corrected chi connectivity index (χ4v) is 3.25. The molecule has 2 N–H and O–H groups in total. The molecule has 3 rings (SSSR count). The lowest BCUT2D eigenvalue weighted by Gasteiger charge is -2.10. The second-order valence-corrected chi connectivity index (χ2v) is 5.60. The van der Waals surface area contributed by atoms with E-state index < -0.39 is 0 Å². The molecule has 0 aliphatic rings. The predicted octanol–water partition coefficient (Wildman–Crippen LogP) is 3.98. The number of fused-ring (bicyclic) bond motifs is 1. The molecule has 1 heterocycles. The molecule has 3 aromatic rings. The maximum Gasteiger partial charge on any atom is 0.123 e. The zero-order valence-electron chi connectivity index (χ0n) is 11.2. The maximum absolute atomic E-state index is 5.99. The van der Waals surface area contributed by atoms with E-state index in [-0.39, 0.29) is 0 Å². The van der Waals surface area contributed by atoms with Gasteiger partial charge >= 0.3 is 0 Å². The van der Waals surface area contributed by atoms with Crippen molar-refractivity contribution < 1.29 is 4.74 Å². The number of hydrogen-bond donors (Lipinski definition) is 1. The van der Waals surface area contributed by atoms with E-state index in [0.717, 1.165) is 12.2 Å². The van der Waals surface area contributed by atoms with Crippen LogP contribution in [0.4, 0.5) is 0 Å². The van der Waals surface area contributed by atoms with Gasteiger partial charge in [0.2, 0.25) is 0 Å². The van der Waals surface area contributed by atoms with Gasteiger partial charge in [0.15, 0.2) is 0 Å². The number of nitrogens with two attached hydrogens (primary N) is 1. The third-order valence-electron chi connectivity index (χ3n) is 3.33. The van der Waals surface area contributed by atoms with Crippen LogP contribution in [-0.4, -0.2) is 6.54 Å². The fraction of sp³-hybridized carbons (Fsp3) is 0.176. The molecule has 1 aromatic heterocycles. The summed E-state index contributed by atoms with van der Waals surface area (Å²) in [4.78, 5) is 0. The van der Waals surface area contributed by atoms with Gasteiger partial charge in [-0.15, -0.1) is 11.3 Å². The van der Waals surface area contributed by atoms with E-state index in [1.807, 2.05) is 18.2 Å². The Labute approximate surface area is 122 Å². The Morgan fingerprint density at radius 2 is 1.75 bits per heavy atom. The van der Waals surface area contributed by atoms with Gasteiger partial charge in [0, 0.05) is 10.3 Å². The standard InChI is InChI=1S/C17H17NOS/c18-10-9-13-5-1-3-7-16(13)19-11-14-12-20-17-8-4-2-6-15(14)17/h1-8,12H,9-11,18H2. The molecule has 0 saturated heterocycles. The highest BCUT2D eigenvalue weighted by Crippen LogP contribution is 2.27. The number of ether oxygens (including phenoxy) is 1. The molecule has 0 saturated carbocycles. The smallest absolute Gasteiger partial charge is 0.123 e. The fourth-order valence-electron chi connectivity index (χ4n) is 2.31. The van der Waals surface area contributed by atoms with Crippen molar-refractivity contribution in [2.45, 2.75) is 13.0 Å². The lowest BCUT2D eigenvalue weighted by Crippen LogP contribution is -2.05. The first-order valence-corrected chi connectivity index (χ1v) is 7.62. The van der Waals surface area contributed by atoms with E-state index in [2.05, 4.69) is 35.7 Å². The summed E-state index contributed by atoms with van der Waals surface area (Å²) >= 11 is 1.76. The lowest BCUT2D eigenvalue weighted by atomic mass is 10.1. The van der Waals surface area contributed by atoms with Crippen molar-refractivity contribution in [2.24, 2.45) is 5.73 Å². The molecule has 0 aliphatic carbocycles. The molecule has 0 spiro atoms. The van der Waals surface area contributed by atoms with E-state index >= 15 is 0 Å². The van der Waals surface area contributed by atoms with Gasteiger partial charge in [-0.1, -0.05) is 36.4 Å². The van der Waals surface area contributed by atoms with Crippen molar-refractivity contribution in [3.05, 3.63) is 65.0 Å². The van der Waals surface area contributed by atoms with Crippen LogP contribution in [0.25, 0.3) is 10.1 Å². The van der Waals surface area contributed by atoms with E-state index in [9.17, 15) is 0 Å². The van der Waals surface area contributed by atoms with Crippen molar-refractivity contribution in [3.63, 3.8) is 0 Å². The van der Waals surface area contributed by atoms with Crippen molar-refractivity contribution in [3.8, 4) is 5.75 Å². The molecule has 3 heteroatoms. The second kappa shape index (κ2) is 6.07. The Balaban J connectivity index is 1.80. The van der Waals surface area contributed by atoms with Crippen molar-refractivity contribution in [1.82, 2.24) is 0 Å². The van der Waals surface area contributed by atoms with Crippen LogP contribution in [-0.2, 0) is 13.0 Å². The molecular formula is C17H17NOS. The third kappa shape index (κ3) is 2.69. The molecule has 102 valence electrons. The first kappa shape index (κ1) is 13.2. The monoisotopic (exact) mass is 283 g/mol. The van der Waals surface area contributed by atoms with E-state index in [1.54, 1.807) is 11.3 Å². The average Bonchev–Trinajstić information content (AvgIpc) is 2.90. The van der Waals surface area contributed by atoms with Crippen LogP contribution < -0.4 is 10.5 Å². The Bertz CT molecular complexity index is 705. The minimum atomic E-state index is 0.603. The Morgan fingerprint density at radius 3 is 2.65 bits per heavy atom. The quantitative estimate of drug-likeness (QED) is 0.768. The molecule has 0 atom stereocenters. The van der Waals surface area contributed by atoms with Gasteiger partial charge in [-0.3, -0.25) is 0 Å². The summed E-state index contributed by atoms with van der Waals surface area (Å²) in [7, 11) is 0. The van der Waals surface area contributed by atoms with E-state index in [4.69, 9.17) is 10.5 Å². The summed E-state index contributed by atoms with van der Waals surface area (Å²) in [6.07, 6.45) is 0.848. The highest BCUT2D eigenvalue weighted by molar-refractivity contribution is 7.17. The SMILES string of the molecule is NCCc1ccccc1OCc1csc2ccccc12. The molecule has 2 nitrogen and oxygen atoms in total. The van der Waals surface area contributed by atoms with Gasteiger partial charge in [0.05, 0.1) is 0 Å². The molecule has 2 aromatic carbocycles. The lowest BCUT2D eigenvalue weighted by molar-refractivity contribution is 0.305. The summed E-state index contributed by atoms with van der Waals surface area (Å²) in [6.45, 7) is 1.24. The number of para-hydroxylation sites is 1. The molecular weight excluding hydrogens is 266 g/mol. The summed E-state index contributed by atoms with van der Waals surface area (Å²) in [5.74, 6) is 0.938. The van der Waals surface area contributed by atoms with Crippen LogP contribution >= 0.6 is 11.3 Å². The Kier molecular flexibility index (Phi) is 4.00. The highest BCUT2D eigenvalue weighted by Gasteiger charge is 2.06. The molecule has 0 bridgehead atoms. The number of hydrogen-bond acceptors (Lipinski definition) is 3. The maximum atomic E-state index is 5.99. The first-order chi connectivity index (χ1) is 9.88. The minimum absolute atomic E-state index is 0.603. The largest absolute Gasteiger partial charge is 0.489 e. The molecule has 0 radical (unpaired) electrons. The zero-order chi connectivity index (χ0) is 13.8. The van der Waals surface area contributed by atoms with Gasteiger partial charge in [0.25, 0.3) is 0 Å². The average molecular weight is 283 g/mol. The number of benzene rings is 2. The molecule has 0 aliphatic heterocycles. The minimum Gasteiger partial charge on any atom is -0.489 e. The Hall–Kier alpha value is -1.84. The van der Waals surface area contributed by atoms with Crippen LogP contribution in [0.15, 0.2) is 53.9 Å². The van der Waals surface area contributed by atoms with Crippen LogP contribution in [0.1, 0.15) is 11.1 Å². The van der Waals surface area contributed by atoms with Crippen LogP contribution in [0.3, 0.4) is 0 Å². The van der Waals surface area contributed by atoms with Gasteiger partial charge in [0.1, 0.15) is 12.4 Å². The topological polar surface area (TPSA) is 35.2 Å². The first-order valence-electron chi connectivity index (χ1n) is 6.74. The Morgan fingerprint density at radius 1 is 0.950 bits per heavy atom. The van der Waals surface area contributed by atoms with Gasteiger partial charge < -0.3 is 10.5 Å². The van der Waals surface area contributed by atoms with Crippen molar-refractivity contribution in [1.29, 1.82) is 0 Å². The third-order valence-corrected chi connectivity index (χ3v) is 4.34. The summed E-state index contributed by atoms with van der Waals surface area (Å²) in [5.41, 5.74) is 8.06. The zero-order valence-corrected chi connectivity index (χ0v) is 12.0. The molecule has 0 fully saturated rings. The number of rotatable bonds is 5. The molecule has 20 heavy (non-hydrogen) atoms. The molecule has 0 unspecified atom stereocenters. The van der Waals surface area contributed by atoms with Gasteiger partial charge in [-0.05, 0) is 41.4 Å². The normalized spacial score (nSPS) is 10.8. The van der Waals surface area contributed by atoms with Crippen molar-refractivity contribution in [2.75, 3.05) is 6.54 Å². The van der Waals surface area contributed by atoms with Crippen LogP contribution in [0, 0.1) is 0 Å². The van der Waals surface area contributed by atoms with Crippen molar-refractivity contribution >= 4 is 21.4 Å². The van der Waals surface area contributed by atoms with E-state index in [1.165, 1.54) is 21.2 Å². The summed E-state index contributed by atoms with van der Waals surface area (Å²) in [6, 6.07) is 16.6. The van der Waals surface area contributed by atoms with Crippen LogP contribution in [0.5, 0.6) is 5.75 Å². The van der Waals surface area contributed by atoms with E-state index in [0.29, 0.717) is 13.2 Å².